The van der Waals surface area contributed by atoms with Gasteiger partial charge in [-0.15, -0.1) is 11.3 Å². The number of ketones is 1. The van der Waals surface area contributed by atoms with Crippen molar-refractivity contribution in [3.8, 4) is 0 Å². The molecule has 0 atom stereocenters. The lowest BCUT2D eigenvalue weighted by atomic mass is 10.1. The number of carbonyl (C=O) groups excluding carboxylic acids is 1. The van der Waals surface area contributed by atoms with Crippen LogP contribution in [-0.2, 0) is 6.54 Å². The Kier molecular flexibility index (Phi) is 3.02. The molecule has 0 saturated heterocycles. The van der Waals surface area contributed by atoms with Crippen LogP contribution in [0.15, 0.2) is 35.5 Å². The zero-order valence-electron chi connectivity index (χ0n) is 11.2. The van der Waals surface area contributed by atoms with Gasteiger partial charge in [-0.1, -0.05) is 0 Å². The van der Waals surface area contributed by atoms with E-state index in [-0.39, 0.29) is 17.9 Å². The van der Waals surface area contributed by atoms with Crippen molar-refractivity contribution in [2.75, 3.05) is 0 Å². The molecule has 0 N–H and O–H groups in total. The molecule has 0 aliphatic rings. The number of carbonyl (C=O) groups is 1. The van der Waals surface area contributed by atoms with Gasteiger partial charge in [0.2, 0.25) is 0 Å². The Bertz CT molecular complexity index is 857. The molecule has 0 aliphatic carbocycles. The maximum Gasteiger partial charge on any atom is 0.276 e. The molecule has 0 bridgehead atoms. The first-order valence-corrected chi connectivity index (χ1v) is 7.01. The van der Waals surface area contributed by atoms with Crippen molar-refractivity contribution >= 4 is 22.6 Å². The van der Waals surface area contributed by atoms with Gasteiger partial charge in [-0.2, -0.15) is 5.10 Å². The fourth-order valence-corrected chi connectivity index (χ4v) is 3.18. The molecule has 3 rings (SSSR count). The van der Waals surface area contributed by atoms with Crippen molar-refractivity contribution in [3.63, 3.8) is 0 Å². The number of hydrogen-bond donors (Lipinski definition) is 0. The van der Waals surface area contributed by atoms with Gasteiger partial charge in [0.15, 0.2) is 5.78 Å². The SMILES string of the molecule is Cc1cc(C(=O)Cn2ccn3nccc3c2=O)c(C)s1. The highest BCUT2D eigenvalue weighted by Crippen LogP contribution is 2.21. The Morgan fingerprint density at radius 1 is 1.35 bits per heavy atom. The van der Waals surface area contributed by atoms with Crippen LogP contribution in [-0.4, -0.2) is 20.0 Å². The maximum atomic E-state index is 12.3. The zero-order chi connectivity index (χ0) is 14.3. The summed E-state index contributed by atoms with van der Waals surface area (Å²) in [4.78, 5) is 26.6. The first-order valence-electron chi connectivity index (χ1n) is 6.19. The van der Waals surface area contributed by atoms with Crippen molar-refractivity contribution in [3.05, 3.63) is 56.4 Å². The molecule has 0 aromatic carbocycles. The number of aromatic nitrogens is 3. The van der Waals surface area contributed by atoms with Crippen molar-refractivity contribution < 1.29 is 4.79 Å². The summed E-state index contributed by atoms with van der Waals surface area (Å²) in [7, 11) is 0. The summed E-state index contributed by atoms with van der Waals surface area (Å²) in [5, 5.41) is 4.00. The minimum atomic E-state index is -0.206. The third-order valence-electron chi connectivity index (χ3n) is 3.19. The highest BCUT2D eigenvalue weighted by molar-refractivity contribution is 7.12. The first kappa shape index (κ1) is 12.8. The summed E-state index contributed by atoms with van der Waals surface area (Å²) >= 11 is 1.59. The van der Waals surface area contributed by atoms with Gasteiger partial charge in [-0.05, 0) is 26.0 Å². The van der Waals surface area contributed by atoms with Crippen molar-refractivity contribution in [2.24, 2.45) is 0 Å². The molecule has 5 nitrogen and oxygen atoms in total. The lowest BCUT2D eigenvalue weighted by Crippen LogP contribution is -2.25. The zero-order valence-corrected chi connectivity index (χ0v) is 12.0. The summed E-state index contributed by atoms with van der Waals surface area (Å²) in [6.45, 7) is 3.95. The van der Waals surface area contributed by atoms with Gasteiger partial charge in [0, 0.05) is 27.7 Å². The second-order valence-corrected chi connectivity index (χ2v) is 6.10. The van der Waals surface area contributed by atoms with E-state index >= 15 is 0 Å². The molecule has 3 heterocycles. The Labute approximate surface area is 119 Å². The average molecular weight is 287 g/mol. The molecule has 0 saturated carbocycles. The van der Waals surface area contributed by atoms with E-state index in [9.17, 15) is 9.59 Å². The predicted octanol–water partition coefficient (Wildman–Crippen LogP) is 2.06. The smallest absolute Gasteiger partial charge is 0.276 e. The minimum Gasteiger partial charge on any atom is -0.304 e. The molecule has 102 valence electrons. The topological polar surface area (TPSA) is 56.4 Å². The summed E-state index contributed by atoms with van der Waals surface area (Å²) in [5.41, 5.74) is 0.967. The van der Waals surface area contributed by atoms with Gasteiger partial charge >= 0.3 is 0 Å². The Hall–Kier alpha value is -2.21. The molecular formula is C14H13N3O2S. The van der Waals surface area contributed by atoms with Crippen LogP contribution in [0, 0.1) is 13.8 Å². The van der Waals surface area contributed by atoms with E-state index in [1.54, 1.807) is 36.0 Å². The normalized spacial score (nSPS) is 11.1. The molecule has 20 heavy (non-hydrogen) atoms. The van der Waals surface area contributed by atoms with E-state index in [1.165, 1.54) is 9.08 Å². The quantitative estimate of drug-likeness (QED) is 0.693. The maximum absolute atomic E-state index is 12.3. The summed E-state index contributed by atoms with van der Waals surface area (Å²) in [6.07, 6.45) is 4.83. The van der Waals surface area contributed by atoms with Gasteiger partial charge in [-0.25, -0.2) is 4.52 Å². The van der Waals surface area contributed by atoms with Gasteiger partial charge in [0.1, 0.15) is 5.52 Å². The van der Waals surface area contributed by atoms with Gasteiger partial charge < -0.3 is 4.57 Å². The average Bonchev–Trinajstić information content (AvgIpc) is 2.99. The third-order valence-corrected chi connectivity index (χ3v) is 4.16. The van der Waals surface area contributed by atoms with Crippen LogP contribution in [0.3, 0.4) is 0 Å². The highest BCUT2D eigenvalue weighted by Gasteiger charge is 2.14. The summed E-state index contributed by atoms with van der Waals surface area (Å²) in [5.74, 6) is -0.0437. The molecular weight excluding hydrogens is 274 g/mol. The fourth-order valence-electron chi connectivity index (χ4n) is 2.23. The number of rotatable bonds is 3. The summed E-state index contributed by atoms with van der Waals surface area (Å²) < 4.78 is 2.93. The van der Waals surface area contributed by atoms with Crippen LogP contribution in [0.4, 0.5) is 0 Å². The van der Waals surface area contributed by atoms with Gasteiger partial charge in [-0.3, -0.25) is 9.59 Å². The molecule has 0 spiro atoms. The van der Waals surface area contributed by atoms with Crippen LogP contribution in [0.1, 0.15) is 20.1 Å². The monoisotopic (exact) mass is 287 g/mol. The number of hydrogen-bond acceptors (Lipinski definition) is 4. The molecule has 0 unspecified atom stereocenters. The molecule has 0 amide bonds. The Balaban J connectivity index is 1.97. The number of fused-ring (bicyclic) bond motifs is 1. The highest BCUT2D eigenvalue weighted by atomic mass is 32.1. The fraction of sp³-hybridized carbons (Fsp3) is 0.214. The standard InChI is InChI=1S/C14H13N3O2S/c1-9-7-11(10(2)20-9)13(18)8-16-5-6-17-12(14(16)19)3-4-15-17/h3-7H,8H2,1-2H3. The Morgan fingerprint density at radius 2 is 2.15 bits per heavy atom. The number of Topliss-reactive ketones (excluding diaryl/α,β-unsaturated/α-hetero) is 1. The molecule has 3 aromatic heterocycles. The molecule has 0 radical (unpaired) electrons. The number of nitrogens with zero attached hydrogens (tertiary/aromatic N) is 3. The lowest BCUT2D eigenvalue weighted by molar-refractivity contribution is 0.0971. The largest absolute Gasteiger partial charge is 0.304 e. The van der Waals surface area contributed by atoms with Crippen LogP contribution >= 0.6 is 11.3 Å². The van der Waals surface area contributed by atoms with Crippen molar-refractivity contribution in [1.29, 1.82) is 0 Å². The van der Waals surface area contributed by atoms with E-state index in [1.807, 2.05) is 19.9 Å². The van der Waals surface area contributed by atoms with Gasteiger partial charge in [0.25, 0.3) is 5.56 Å². The molecule has 6 heteroatoms. The second kappa shape index (κ2) is 4.72. The van der Waals surface area contributed by atoms with Crippen LogP contribution < -0.4 is 5.56 Å². The van der Waals surface area contributed by atoms with E-state index < -0.39 is 0 Å². The van der Waals surface area contributed by atoms with Crippen LogP contribution in [0.2, 0.25) is 0 Å². The third kappa shape index (κ3) is 2.08. The second-order valence-electron chi connectivity index (χ2n) is 4.64. The van der Waals surface area contributed by atoms with Crippen LogP contribution in [0.25, 0.3) is 5.52 Å². The van der Waals surface area contributed by atoms with E-state index in [0.717, 1.165) is 9.75 Å². The molecule has 0 fully saturated rings. The molecule has 3 aromatic rings. The summed E-state index contributed by atoms with van der Waals surface area (Å²) in [6, 6.07) is 3.52. The van der Waals surface area contributed by atoms with Crippen molar-refractivity contribution in [1.82, 2.24) is 14.2 Å². The molecule has 0 aliphatic heterocycles. The number of aryl methyl sites for hydroxylation is 2. The van der Waals surface area contributed by atoms with Crippen molar-refractivity contribution in [2.45, 2.75) is 20.4 Å². The minimum absolute atomic E-state index is 0.0437. The van der Waals surface area contributed by atoms with Gasteiger partial charge in [0.05, 0.1) is 12.7 Å². The van der Waals surface area contributed by atoms with Crippen LogP contribution in [0.5, 0.6) is 0 Å². The first-order chi connectivity index (χ1) is 9.56. The van der Waals surface area contributed by atoms with E-state index in [4.69, 9.17) is 0 Å². The van der Waals surface area contributed by atoms with E-state index in [0.29, 0.717) is 11.1 Å². The predicted molar refractivity (Wildman–Crippen MR) is 77.6 cm³/mol. The Morgan fingerprint density at radius 3 is 2.85 bits per heavy atom. The lowest BCUT2D eigenvalue weighted by Gasteiger charge is -2.05. The van der Waals surface area contributed by atoms with E-state index in [2.05, 4.69) is 5.10 Å². The number of thiophene rings is 1.